The first-order valence-electron chi connectivity index (χ1n) is 11.2. The molecule has 4 aromatic carbocycles. The Morgan fingerprint density at radius 1 is 0.971 bits per heavy atom. The van der Waals surface area contributed by atoms with E-state index in [4.69, 9.17) is 16.3 Å². The number of rotatable bonds is 7. The van der Waals surface area contributed by atoms with Crippen molar-refractivity contribution < 1.29 is 9.53 Å². The van der Waals surface area contributed by atoms with Crippen LogP contribution in [0.1, 0.15) is 43.2 Å². The Balaban J connectivity index is 1.51. The Labute approximate surface area is 204 Å². The third-order valence-electron chi connectivity index (χ3n) is 5.68. The van der Waals surface area contributed by atoms with Gasteiger partial charge >= 0.3 is 5.97 Å². The van der Waals surface area contributed by atoms with Gasteiger partial charge in [-0.05, 0) is 64.7 Å². The van der Waals surface area contributed by atoms with E-state index in [-0.39, 0.29) is 12.3 Å². The second-order valence-corrected chi connectivity index (χ2v) is 8.91. The molecule has 0 aliphatic rings. The fourth-order valence-corrected chi connectivity index (χ4v) is 4.19. The summed E-state index contributed by atoms with van der Waals surface area (Å²) in [6.07, 6.45) is -0.0364. The number of esters is 1. The van der Waals surface area contributed by atoms with Crippen molar-refractivity contribution in [3.05, 3.63) is 101 Å². The molecule has 0 amide bonds. The average Bonchev–Trinajstić information content (AvgIpc) is 2.83. The summed E-state index contributed by atoms with van der Waals surface area (Å²) < 4.78 is 5.79. The maximum absolute atomic E-state index is 12.9. The van der Waals surface area contributed by atoms with Crippen LogP contribution in [0, 0.1) is 11.3 Å². The fourth-order valence-electron chi connectivity index (χ4n) is 4.06. The van der Waals surface area contributed by atoms with E-state index in [9.17, 15) is 10.1 Å². The highest BCUT2D eigenvalue weighted by molar-refractivity contribution is 6.30. The first kappa shape index (κ1) is 23.4. The molecule has 0 aromatic heterocycles. The van der Waals surface area contributed by atoms with Gasteiger partial charge in [0.25, 0.3) is 0 Å². The molecule has 4 rings (SSSR count). The Hall–Kier alpha value is -3.81. The molecule has 0 spiro atoms. The molecule has 0 fully saturated rings. The quantitative estimate of drug-likeness (QED) is 0.220. The summed E-state index contributed by atoms with van der Waals surface area (Å²) in [4.78, 5) is 12.9. The highest BCUT2D eigenvalue weighted by Gasteiger charge is 2.20. The number of nitrogens with one attached hydrogen (secondary N) is 1. The zero-order chi connectivity index (χ0) is 24.1. The van der Waals surface area contributed by atoms with Crippen LogP contribution >= 0.6 is 11.6 Å². The van der Waals surface area contributed by atoms with Gasteiger partial charge < -0.3 is 10.1 Å². The lowest BCUT2D eigenvalue weighted by Gasteiger charge is -2.17. The van der Waals surface area contributed by atoms with E-state index >= 15 is 0 Å². The molecule has 4 nitrogen and oxygen atoms in total. The Kier molecular flexibility index (Phi) is 7.15. The molecule has 1 atom stereocenters. The van der Waals surface area contributed by atoms with Crippen LogP contribution in [0.3, 0.4) is 0 Å². The minimum Gasteiger partial charge on any atom is -0.426 e. The van der Waals surface area contributed by atoms with Crippen molar-refractivity contribution in [2.45, 2.75) is 32.1 Å². The van der Waals surface area contributed by atoms with Crippen molar-refractivity contribution in [3.63, 3.8) is 0 Å². The minimum absolute atomic E-state index is 0.0364. The van der Waals surface area contributed by atoms with E-state index in [0.29, 0.717) is 10.8 Å². The lowest BCUT2D eigenvalue weighted by molar-refractivity contribution is -0.134. The van der Waals surface area contributed by atoms with E-state index in [1.165, 1.54) is 0 Å². The van der Waals surface area contributed by atoms with Crippen LogP contribution in [0.2, 0.25) is 5.02 Å². The number of ether oxygens (including phenoxy) is 1. The van der Waals surface area contributed by atoms with Gasteiger partial charge in [-0.15, -0.1) is 0 Å². The lowest BCUT2D eigenvalue weighted by atomic mass is 9.94. The summed E-state index contributed by atoms with van der Waals surface area (Å²) in [6.45, 7) is 4.16. The molecule has 0 aliphatic heterocycles. The predicted molar refractivity (Wildman–Crippen MR) is 138 cm³/mol. The van der Waals surface area contributed by atoms with Gasteiger partial charge in [0, 0.05) is 22.0 Å². The highest BCUT2D eigenvalue weighted by atomic mass is 35.5. The lowest BCUT2D eigenvalue weighted by Crippen LogP contribution is -2.14. The second-order valence-electron chi connectivity index (χ2n) is 8.47. The third-order valence-corrected chi connectivity index (χ3v) is 5.93. The van der Waals surface area contributed by atoms with E-state index in [1.54, 1.807) is 12.1 Å². The normalized spacial score (nSPS) is 11.7. The molecule has 1 N–H and O–H groups in total. The van der Waals surface area contributed by atoms with Crippen LogP contribution in [0.4, 0.5) is 11.4 Å². The standard InChI is InChI=1S/C29H25ClN2O2/c1-19(2)29-26-9-4-3-6-20(26)10-15-27(29)34-28(33)17-22(18-31)21-7-5-8-25(16-21)32-24-13-11-23(30)12-14-24/h3-16,19,22,32H,17H2,1-2H3. The van der Waals surface area contributed by atoms with Crippen LogP contribution in [0.5, 0.6) is 5.75 Å². The summed E-state index contributed by atoms with van der Waals surface area (Å²) in [7, 11) is 0. The summed E-state index contributed by atoms with van der Waals surface area (Å²) in [5.41, 5.74) is 3.45. The Bertz CT molecular complexity index is 1360. The minimum atomic E-state index is -0.623. The number of anilines is 2. The fraction of sp³-hybridized carbons (Fsp3) is 0.172. The van der Waals surface area contributed by atoms with Gasteiger partial charge in [-0.2, -0.15) is 5.26 Å². The topological polar surface area (TPSA) is 62.1 Å². The van der Waals surface area contributed by atoms with Crippen LogP contribution in [-0.2, 0) is 4.79 Å². The number of nitriles is 1. The van der Waals surface area contributed by atoms with Gasteiger partial charge in [0.05, 0.1) is 18.4 Å². The van der Waals surface area contributed by atoms with Gasteiger partial charge in [-0.25, -0.2) is 0 Å². The zero-order valence-electron chi connectivity index (χ0n) is 19.1. The first-order chi connectivity index (χ1) is 16.4. The molecule has 0 saturated heterocycles. The molecule has 4 aromatic rings. The van der Waals surface area contributed by atoms with Crippen molar-refractivity contribution in [2.24, 2.45) is 0 Å². The van der Waals surface area contributed by atoms with Gasteiger partial charge in [-0.1, -0.05) is 67.9 Å². The second kappa shape index (κ2) is 10.4. The molecule has 0 aliphatic carbocycles. The van der Waals surface area contributed by atoms with E-state index in [0.717, 1.165) is 33.3 Å². The predicted octanol–water partition coefficient (Wildman–Crippen LogP) is 7.96. The SMILES string of the molecule is CC(C)c1c(OC(=O)CC(C#N)c2cccc(Nc3ccc(Cl)cc3)c2)ccc2ccccc12. The molecule has 0 bridgehead atoms. The molecule has 0 radical (unpaired) electrons. The van der Waals surface area contributed by atoms with E-state index < -0.39 is 11.9 Å². The molecule has 1 unspecified atom stereocenters. The summed E-state index contributed by atoms with van der Waals surface area (Å²) >= 11 is 5.95. The Morgan fingerprint density at radius 2 is 1.74 bits per heavy atom. The van der Waals surface area contributed by atoms with E-state index in [1.807, 2.05) is 72.8 Å². The largest absolute Gasteiger partial charge is 0.426 e. The molecule has 34 heavy (non-hydrogen) atoms. The van der Waals surface area contributed by atoms with Crippen molar-refractivity contribution in [1.29, 1.82) is 5.26 Å². The third kappa shape index (κ3) is 5.39. The van der Waals surface area contributed by atoms with Crippen LogP contribution in [0.15, 0.2) is 84.9 Å². The van der Waals surface area contributed by atoms with E-state index in [2.05, 4.69) is 25.2 Å². The smallest absolute Gasteiger partial charge is 0.312 e. The number of hydrogen-bond donors (Lipinski definition) is 1. The number of carbonyl (C=O) groups is 1. The number of carbonyl (C=O) groups excluding carboxylic acids is 1. The molecule has 5 heteroatoms. The molecule has 0 heterocycles. The molecular formula is C29H25ClN2O2. The van der Waals surface area contributed by atoms with Gasteiger partial charge in [-0.3, -0.25) is 4.79 Å². The van der Waals surface area contributed by atoms with Gasteiger partial charge in [0.15, 0.2) is 0 Å². The summed E-state index contributed by atoms with van der Waals surface area (Å²) in [6, 6.07) is 29.0. The van der Waals surface area contributed by atoms with Crippen molar-refractivity contribution in [3.8, 4) is 11.8 Å². The summed E-state index contributed by atoms with van der Waals surface area (Å²) in [5.74, 6) is -0.327. The average molecular weight is 469 g/mol. The molecular weight excluding hydrogens is 444 g/mol. The maximum Gasteiger partial charge on any atom is 0.312 e. The first-order valence-corrected chi connectivity index (χ1v) is 11.6. The number of nitrogens with zero attached hydrogens (tertiary/aromatic N) is 1. The number of hydrogen-bond acceptors (Lipinski definition) is 4. The van der Waals surface area contributed by atoms with Crippen molar-refractivity contribution in [1.82, 2.24) is 0 Å². The van der Waals surface area contributed by atoms with Crippen LogP contribution < -0.4 is 10.1 Å². The van der Waals surface area contributed by atoms with Crippen LogP contribution in [-0.4, -0.2) is 5.97 Å². The summed E-state index contributed by atoms with van der Waals surface area (Å²) in [5, 5.41) is 15.9. The number of benzene rings is 4. The van der Waals surface area contributed by atoms with Crippen molar-refractivity contribution >= 4 is 39.7 Å². The van der Waals surface area contributed by atoms with Crippen molar-refractivity contribution in [2.75, 3.05) is 5.32 Å². The zero-order valence-corrected chi connectivity index (χ0v) is 19.8. The Morgan fingerprint density at radius 3 is 2.47 bits per heavy atom. The van der Waals surface area contributed by atoms with Crippen LogP contribution in [0.25, 0.3) is 10.8 Å². The maximum atomic E-state index is 12.9. The van der Waals surface area contributed by atoms with Gasteiger partial charge in [0.2, 0.25) is 0 Å². The number of halogens is 1. The van der Waals surface area contributed by atoms with Gasteiger partial charge in [0.1, 0.15) is 5.75 Å². The molecule has 0 saturated carbocycles. The molecule has 170 valence electrons. The highest BCUT2D eigenvalue weighted by Crippen LogP contribution is 2.35. The number of fused-ring (bicyclic) bond motifs is 1. The monoisotopic (exact) mass is 468 g/mol.